The van der Waals surface area contributed by atoms with Gasteiger partial charge in [0, 0.05) is 29.1 Å². The number of carbonyl (C=O) groups excluding carboxylic acids is 1. The molecule has 0 radical (unpaired) electrons. The molecule has 1 aliphatic carbocycles. The van der Waals surface area contributed by atoms with E-state index in [1.165, 1.54) is 30.5 Å². The summed E-state index contributed by atoms with van der Waals surface area (Å²) >= 11 is 6.69. The van der Waals surface area contributed by atoms with Crippen molar-refractivity contribution in [1.82, 2.24) is 25.2 Å². The lowest BCUT2D eigenvalue weighted by Crippen LogP contribution is -2.15. The molecule has 2 aromatic heterocycles. The molecule has 1 fully saturated rings. The molecular formula is C25H30ClN5O3. The smallest absolute Gasteiger partial charge is 0.329 e. The number of nitrogens with one attached hydrogen (secondary N) is 1. The molecule has 34 heavy (non-hydrogen) atoms. The third kappa shape index (κ3) is 6.32. The van der Waals surface area contributed by atoms with Gasteiger partial charge in [0.15, 0.2) is 12.4 Å². The van der Waals surface area contributed by atoms with Gasteiger partial charge in [-0.1, -0.05) is 55.5 Å². The highest BCUT2D eigenvalue weighted by Gasteiger charge is 2.24. The molecule has 180 valence electrons. The first-order valence-electron chi connectivity index (χ1n) is 11.9. The quantitative estimate of drug-likeness (QED) is 0.436. The van der Waals surface area contributed by atoms with Gasteiger partial charge in [-0.3, -0.25) is 4.79 Å². The largest absolute Gasteiger partial charge is 0.465 e. The van der Waals surface area contributed by atoms with Crippen LogP contribution in [0.4, 0.5) is 0 Å². The fourth-order valence-corrected chi connectivity index (χ4v) is 4.97. The monoisotopic (exact) mass is 483 g/mol. The molecule has 2 heterocycles. The number of aromatic amines is 1. The Morgan fingerprint density at radius 3 is 2.79 bits per heavy atom. The van der Waals surface area contributed by atoms with Gasteiger partial charge in [0.2, 0.25) is 5.56 Å². The van der Waals surface area contributed by atoms with Gasteiger partial charge in [-0.25, -0.2) is 4.79 Å². The first-order chi connectivity index (χ1) is 16.5. The summed E-state index contributed by atoms with van der Waals surface area (Å²) < 4.78 is 4.91. The average molecular weight is 484 g/mol. The summed E-state index contributed by atoms with van der Waals surface area (Å²) in [7, 11) is 0. The number of carbonyl (C=O) groups is 1. The summed E-state index contributed by atoms with van der Waals surface area (Å²) in [6.45, 7) is 2.01. The van der Waals surface area contributed by atoms with Crippen LogP contribution in [-0.2, 0) is 28.9 Å². The minimum atomic E-state index is -0.392. The Kier molecular flexibility index (Phi) is 8.11. The van der Waals surface area contributed by atoms with E-state index in [-0.39, 0.29) is 18.0 Å². The average Bonchev–Trinajstić information content (AvgIpc) is 3.49. The molecule has 1 unspecified atom stereocenters. The van der Waals surface area contributed by atoms with Crippen molar-refractivity contribution in [3.05, 3.63) is 74.4 Å². The number of rotatable bonds is 10. The highest BCUT2D eigenvalue weighted by Crippen LogP contribution is 2.38. The van der Waals surface area contributed by atoms with Crippen molar-refractivity contribution >= 4 is 17.6 Å². The predicted octanol–water partition coefficient (Wildman–Crippen LogP) is 4.08. The molecule has 1 aromatic carbocycles. The van der Waals surface area contributed by atoms with E-state index < -0.39 is 5.97 Å². The Hall–Kier alpha value is -3.00. The van der Waals surface area contributed by atoms with Crippen LogP contribution >= 0.6 is 11.6 Å². The Balaban J connectivity index is 1.46. The highest BCUT2D eigenvalue weighted by molar-refractivity contribution is 6.31. The van der Waals surface area contributed by atoms with E-state index in [2.05, 4.69) is 26.5 Å². The van der Waals surface area contributed by atoms with Crippen molar-refractivity contribution in [2.24, 2.45) is 5.92 Å². The molecule has 9 heteroatoms. The van der Waals surface area contributed by atoms with E-state index in [1.54, 1.807) is 13.0 Å². The lowest BCUT2D eigenvalue weighted by atomic mass is 9.85. The Labute approximate surface area is 203 Å². The number of pyridine rings is 1. The number of aromatic nitrogens is 5. The second-order valence-corrected chi connectivity index (χ2v) is 9.21. The summed E-state index contributed by atoms with van der Waals surface area (Å²) in [5.41, 5.74) is 2.96. The van der Waals surface area contributed by atoms with Crippen LogP contribution in [0, 0.1) is 5.92 Å². The van der Waals surface area contributed by atoms with E-state index in [9.17, 15) is 9.59 Å². The van der Waals surface area contributed by atoms with E-state index >= 15 is 0 Å². The van der Waals surface area contributed by atoms with E-state index in [4.69, 9.17) is 16.3 Å². The SMILES string of the molecule is CCOC(=O)Cn1nnc(CCc2ccc(C(CC3CCCC3)c3cccc(=O)[nH]3)cc2Cl)n1. The zero-order valence-electron chi connectivity index (χ0n) is 19.4. The summed E-state index contributed by atoms with van der Waals surface area (Å²) in [4.78, 5) is 27.8. The number of ether oxygens (including phenoxy) is 1. The normalized spacial score (nSPS) is 14.9. The number of benzene rings is 1. The Morgan fingerprint density at radius 1 is 1.24 bits per heavy atom. The molecule has 1 N–H and O–H groups in total. The minimum Gasteiger partial charge on any atom is -0.465 e. The molecular weight excluding hydrogens is 454 g/mol. The fraction of sp³-hybridized carbons (Fsp3) is 0.480. The topological polar surface area (TPSA) is 103 Å². The van der Waals surface area contributed by atoms with Crippen LogP contribution in [0.2, 0.25) is 5.02 Å². The molecule has 0 amide bonds. The molecule has 1 saturated carbocycles. The number of hydrogen-bond donors (Lipinski definition) is 1. The van der Waals surface area contributed by atoms with Gasteiger partial charge in [-0.05, 0) is 54.2 Å². The molecule has 0 spiro atoms. The third-order valence-corrected chi connectivity index (χ3v) is 6.73. The number of hydrogen-bond acceptors (Lipinski definition) is 6. The standard InChI is InChI=1S/C25H30ClN5O3/c1-2-34-25(33)16-31-29-23(28-30-31)13-12-18-10-11-19(15-21(18)26)20(14-17-6-3-4-7-17)22-8-5-9-24(32)27-22/h5,8-11,15,17,20H,2-4,6-7,12-14,16H2,1H3,(H,27,32). The number of nitrogens with zero attached hydrogens (tertiary/aromatic N) is 4. The second-order valence-electron chi connectivity index (χ2n) is 8.80. The van der Waals surface area contributed by atoms with Crippen LogP contribution in [0.15, 0.2) is 41.2 Å². The van der Waals surface area contributed by atoms with Gasteiger partial charge in [0.05, 0.1) is 6.61 Å². The maximum Gasteiger partial charge on any atom is 0.329 e. The Bertz CT molecular complexity index is 1170. The summed E-state index contributed by atoms with van der Waals surface area (Å²) in [6, 6.07) is 11.5. The van der Waals surface area contributed by atoms with Crippen LogP contribution in [0.1, 0.15) is 67.6 Å². The first-order valence-corrected chi connectivity index (χ1v) is 12.3. The van der Waals surface area contributed by atoms with Crippen LogP contribution in [-0.4, -0.2) is 37.8 Å². The van der Waals surface area contributed by atoms with Gasteiger partial charge in [0.25, 0.3) is 0 Å². The van der Waals surface area contributed by atoms with Crippen molar-refractivity contribution < 1.29 is 9.53 Å². The maximum atomic E-state index is 12.0. The predicted molar refractivity (Wildman–Crippen MR) is 129 cm³/mol. The summed E-state index contributed by atoms with van der Waals surface area (Å²) in [5.74, 6) is 0.922. The molecule has 1 atom stereocenters. The van der Waals surface area contributed by atoms with Crippen molar-refractivity contribution in [3.8, 4) is 0 Å². The number of esters is 1. The lowest BCUT2D eigenvalue weighted by Gasteiger charge is -2.22. The number of H-pyrrole nitrogens is 1. The van der Waals surface area contributed by atoms with E-state index in [0.29, 0.717) is 36.2 Å². The second kappa shape index (κ2) is 11.4. The maximum absolute atomic E-state index is 12.0. The molecule has 1 aliphatic rings. The van der Waals surface area contributed by atoms with Crippen molar-refractivity contribution in [2.45, 2.75) is 64.3 Å². The number of halogens is 1. The van der Waals surface area contributed by atoms with Crippen LogP contribution in [0.3, 0.4) is 0 Å². The van der Waals surface area contributed by atoms with Gasteiger partial charge in [0.1, 0.15) is 0 Å². The Morgan fingerprint density at radius 2 is 2.06 bits per heavy atom. The first kappa shape index (κ1) is 24.1. The molecule has 0 bridgehead atoms. The van der Waals surface area contributed by atoms with Gasteiger partial charge >= 0.3 is 5.97 Å². The van der Waals surface area contributed by atoms with Crippen molar-refractivity contribution in [3.63, 3.8) is 0 Å². The van der Waals surface area contributed by atoms with Gasteiger partial charge in [-0.15, -0.1) is 10.2 Å². The van der Waals surface area contributed by atoms with Crippen molar-refractivity contribution in [1.29, 1.82) is 0 Å². The number of tetrazole rings is 1. The van der Waals surface area contributed by atoms with Gasteiger partial charge < -0.3 is 9.72 Å². The lowest BCUT2D eigenvalue weighted by molar-refractivity contribution is -0.144. The minimum absolute atomic E-state index is 0.0553. The van der Waals surface area contributed by atoms with Gasteiger partial charge in [-0.2, -0.15) is 4.80 Å². The zero-order valence-corrected chi connectivity index (χ0v) is 20.1. The fourth-order valence-electron chi connectivity index (χ4n) is 4.69. The molecule has 0 saturated heterocycles. The highest BCUT2D eigenvalue weighted by atomic mass is 35.5. The third-order valence-electron chi connectivity index (χ3n) is 6.38. The van der Waals surface area contributed by atoms with E-state index in [0.717, 1.165) is 23.2 Å². The van der Waals surface area contributed by atoms with Crippen LogP contribution in [0.25, 0.3) is 0 Å². The summed E-state index contributed by atoms with van der Waals surface area (Å²) in [5, 5.41) is 12.9. The van der Waals surface area contributed by atoms with Crippen LogP contribution in [0.5, 0.6) is 0 Å². The van der Waals surface area contributed by atoms with Crippen LogP contribution < -0.4 is 5.56 Å². The zero-order chi connectivity index (χ0) is 23.9. The molecule has 4 rings (SSSR count). The summed E-state index contributed by atoms with van der Waals surface area (Å²) in [6.07, 6.45) is 7.25. The van der Waals surface area contributed by atoms with E-state index in [1.807, 2.05) is 24.3 Å². The molecule has 8 nitrogen and oxygen atoms in total. The molecule has 3 aromatic rings. The van der Waals surface area contributed by atoms with Crippen molar-refractivity contribution in [2.75, 3.05) is 6.61 Å². The molecule has 0 aliphatic heterocycles. The number of aryl methyl sites for hydroxylation is 2.